The van der Waals surface area contributed by atoms with Crippen molar-refractivity contribution in [3.63, 3.8) is 0 Å². The van der Waals surface area contributed by atoms with Crippen molar-refractivity contribution in [1.29, 1.82) is 0 Å². The molecule has 1 fully saturated rings. The number of hydrogen-bond donors (Lipinski definition) is 2. The van der Waals surface area contributed by atoms with Crippen LogP contribution in [-0.4, -0.2) is 67.9 Å². The molecular formula is C17H29N5O4. The zero-order chi connectivity index (χ0) is 18.9. The van der Waals surface area contributed by atoms with E-state index in [4.69, 9.17) is 9.84 Å². The molecule has 0 amide bonds. The minimum Gasteiger partial charge on any atom is -0.394 e. The van der Waals surface area contributed by atoms with Crippen molar-refractivity contribution in [2.24, 2.45) is 4.99 Å². The average Bonchev–Trinajstić information content (AvgIpc) is 3.01. The number of rotatable bonds is 10. The van der Waals surface area contributed by atoms with E-state index in [0.717, 1.165) is 38.8 Å². The highest BCUT2D eigenvalue weighted by Gasteiger charge is 2.35. The molecule has 1 aliphatic heterocycles. The fraction of sp³-hybridized carbons (Fsp3) is 0.765. The standard InChI is InChI=1S/C17H29N5O4/c1-3-5-7-21(8-6-4-2)11-18-16-19-12-22(17(25)20-16)15-9-13(24)14(10-23)26-15/h11-15,23-24H,3-10H2,1-2H3/b18-11+/t13-,14+,15+/m0/s1. The van der Waals surface area contributed by atoms with Crippen molar-refractivity contribution in [1.82, 2.24) is 19.4 Å². The molecular weight excluding hydrogens is 338 g/mol. The molecule has 146 valence electrons. The van der Waals surface area contributed by atoms with Crippen LogP contribution in [0.15, 0.2) is 16.1 Å². The summed E-state index contributed by atoms with van der Waals surface area (Å²) in [5.74, 6) is 0.0986. The number of hydrogen-bond acceptors (Lipinski definition) is 7. The molecule has 0 spiro atoms. The summed E-state index contributed by atoms with van der Waals surface area (Å²) in [6.45, 7) is 5.80. The Kier molecular flexibility index (Phi) is 8.14. The lowest BCUT2D eigenvalue weighted by Crippen LogP contribution is -2.28. The number of aliphatic hydroxyl groups is 2. The van der Waals surface area contributed by atoms with Crippen molar-refractivity contribution in [2.45, 2.75) is 64.4 Å². The Balaban J connectivity index is 2.05. The third-order valence-electron chi connectivity index (χ3n) is 4.34. The second-order valence-corrected chi connectivity index (χ2v) is 6.45. The first-order valence-corrected chi connectivity index (χ1v) is 9.26. The van der Waals surface area contributed by atoms with Crippen molar-refractivity contribution in [2.75, 3.05) is 19.7 Å². The Hall–Kier alpha value is -1.84. The zero-order valence-corrected chi connectivity index (χ0v) is 15.5. The molecule has 1 aromatic rings. The number of nitrogens with zero attached hydrogens (tertiary/aromatic N) is 5. The third-order valence-corrected chi connectivity index (χ3v) is 4.34. The van der Waals surface area contributed by atoms with Crippen LogP contribution >= 0.6 is 0 Å². The van der Waals surface area contributed by atoms with Gasteiger partial charge >= 0.3 is 5.69 Å². The molecule has 0 aliphatic carbocycles. The van der Waals surface area contributed by atoms with Gasteiger partial charge in [0.05, 0.1) is 19.0 Å². The fourth-order valence-corrected chi connectivity index (χ4v) is 2.73. The van der Waals surface area contributed by atoms with Gasteiger partial charge in [0, 0.05) is 19.5 Å². The number of aliphatic hydroxyl groups excluding tert-OH is 2. The number of aliphatic imine (C=N–C) groups is 1. The van der Waals surface area contributed by atoms with Crippen LogP contribution in [0.25, 0.3) is 0 Å². The molecule has 0 unspecified atom stereocenters. The van der Waals surface area contributed by atoms with E-state index in [9.17, 15) is 9.90 Å². The summed E-state index contributed by atoms with van der Waals surface area (Å²) in [4.78, 5) is 26.5. The van der Waals surface area contributed by atoms with Crippen LogP contribution in [0.3, 0.4) is 0 Å². The largest absolute Gasteiger partial charge is 0.394 e. The lowest BCUT2D eigenvalue weighted by atomic mass is 10.2. The highest BCUT2D eigenvalue weighted by molar-refractivity contribution is 5.58. The van der Waals surface area contributed by atoms with E-state index < -0.39 is 24.1 Å². The molecule has 0 radical (unpaired) electrons. The van der Waals surface area contributed by atoms with Gasteiger partial charge in [0.1, 0.15) is 18.7 Å². The van der Waals surface area contributed by atoms with Gasteiger partial charge in [0.25, 0.3) is 5.95 Å². The van der Waals surface area contributed by atoms with Gasteiger partial charge in [-0.2, -0.15) is 4.98 Å². The molecule has 2 rings (SSSR count). The van der Waals surface area contributed by atoms with Gasteiger partial charge in [-0.15, -0.1) is 0 Å². The second kappa shape index (κ2) is 10.3. The Morgan fingerprint density at radius 2 is 2.08 bits per heavy atom. The molecule has 1 saturated heterocycles. The van der Waals surface area contributed by atoms with Gasteiger partial charge in [0.2, 0.25) is 0 Å². The van der Waals surface area contributed by atoms with E-state index >= 15 is 0 Å². The third kappa shape index (κ3) is 5.58. The number of ether oxygens (including phenoxy) is 1. The zero-order valence-electron chi connectivity index (χ0n) is 15.5. The van der Waals surface area contributed by atoms with Crippen LogP contribution < -0.4 is 5.69 Å². The minimum absolute atomic E-state index is 0.0986. The lowest BCUT2D eigenvalue weighted by molar-refractivity contribution is -0.0462. The fourth-order valence-electron chi connectivity index (χ4n) is 2.73. The van der Waals surface area contributed by atoms with E-state index in [-0.39, 0.29) is 19.0 Å². The quantitative estimate of drug-likeness (QED) is 0.465. The maximum absolute atomic E-state index is 12.2. The van der Waals surface area contributed by atoms with Gasteiger partial charge in [-0.3, -0.25) is 4.57 Å². The molecule has 0 saturated carbocycles. The number of aromatic nitrogens is 3. The molecule has 3 atom stereocenters. The van der Waals surface area contributed by atoms with E-state index in [0.29, 0.717) is 0 Å². The van der Waals surface area contributed by atoms with Gasteiger partial charge < -0.3 is 19.8 Å². The van der Waals surface area contributed by atoms with Crippen molar-refractivity contribution >= 4 is 12.3 Å². The first-order chi connectivity index (χ1) is 12.6. The van der Waals surface area contributed by atoms with Crippen LogP contribution in [-0.2, 0) is 4.74 Å². The molecule has 0 aromatic carbocycles. The molecule has 26 heavy (non-hydrogen) atoms. The lowest BCUT2D eigenvalue weighted by Gasteiger charge is -2.18. The Morgan fingerprint density at radius 1 is 1.38 bits per heavy atom. The first kappa shape index (κ1) is 20.5. The van der Waals surface area contributed by atoms with E-state index in [2.05, 4.69) is 33.7 Å². The summed E-state index contributed by atoms with van der Waals surface area (Å²) < 4.78 is 6.66. The van der Waals surface area contributed by atoms with Crippen LogP contribution in [0.5, 0.6) is 0 Å². The monoisotopic (exact) mass is 367 g/mol. The average molecular weight is 367 g/mol. The highest BCUT2D eigenvalue weighted by Crippen LogP contribution is 2.27. The van der Waals surface area contributed by atoms with E-state index in [1.165, 1.54) is 10.9 Å². The van der Waals surface area contributed by atoms with Gasteiger partial charge in [-0.25, -0.2) is 14.8 Å². The number of unbranched alkanes of at least 4 members (excludes halogenated alkanes) is 2. The summed E-state index contributed by atoms with van der Waals surface area (Å²) in [5.41, 5.74) is -0.545. The van der Waals surface area contributed by atoms with Gasteiger partial charge in [-0.1, -0.05) is 26.7 Å². The van der Waals surface area contributed by atoms with Gasteiger partial charge in [0.15, 0.2) is 0 Å². The summed E-state index contributed by atoms with van der Waals surface area (Å²) in [6, 6.07) is 0. The Bertz CT molecular complexity index is 628. The molecule has 0 bridgehead atoms. The molecule has 1 aliphatic rings. The van der Waals surface area contributed by atoms with Crippen molar-refractivity contribution in [3.8, 4) is 0 Å². The predicted octanol–water partition coefficient (Wildman–Crippen LogP) is 0.841. The van der Waals surface area contributed by atoms with Crippen molar-refractivity contribution in [3.05, 3.63) is 16.8 Å². The van der Waals surface area contributed by atoms with E-state index in [1.807, 2.05) is 0 Å². The first-order valence-electron chi connectivity index (χ1n) is 9.26. The topological polar surface area (TPSA) is 113 Å². The maximum Gasteiger partial charge on any atom is 0.354 e. The minimum atomic E-state index is -0.819. The molecule has 9 nitrogen and oxygen atoms in total. The maximum atomic E-state index is 12.2. The summed E-state index contributed by atoms with van der Waals surface area (Å²) >= 11 is 0. The molecule has 2 heterocycles. The van der Waals surface area contributed by atoms with Crippen LogP contribution in [0.4, 0.5) is 5.95 Å². The summed E-state index contributed by atoms with van der Waals surface area (Å²) in [7, 11) is 0. The van der Waals surface area contributed by atoms with Crippen molar-refractivity contribution < 1.29 is 14.9 Å². The highest BCUT2D eigenvalue weighted by atomic mass is 16.5. The Morgan fingerprint density at radius 3 is 2.62 bits per heavy atom. The molecule has 9 heteroatoms. The smallest absolute Gasteiger partial charge is 0.354 e. The normalized spacial score (nSPS) is 23.0. The van der Waals surface area contributed by atoms with Crippen LogP contribution in [0.1, 0.15) is 52.2 Å². The molecule has 2 N–H and O–H groups in total. The molecule has 1 aromatic heterocycles. The predicted molar refractivity (Wildman–Crippen MR) is 97.5 cm³/mol. The summed E-state index contributed by atoms with van der Waals surface area (Å²) in [6.07, 6.45) is 5.38. The van der Waals surface area contributed by atoms with Gasteiger partial charge in [-0.05, 0) is 12.8 Å². The van der Waals surface area contributed by atoms with E-state index in [1.54, 1.807) is 6.34 Å². The Labute approximate surface area is 153 Å². The van der Waals surface area contributed by atoms with Crippen LogP contribution in [0.2, 0.25) is 0 Å². The van der Waals surface area contributed by atoms with Crippen LogP contribution in [0, 0.1) is 0 Å². The summed E-state index contributed by atoms with van der Waals surface area (Å²) in [5, 5.41) is 18.9. The SMILES string of the molecule is CCCCN(/C=N/c1ncn([C@H]2C[C@H](O)[C@@H](CO)O2)c(=O)n1)CCCC. The second-order valence-electron chi connectivity index (χ2n) is 6.45.